The molecule has 3 N–H and O–H groups in total. The summed E-state index contributed by atoms with van der Waals surface area (Å²) in [5.74, 6) is -0.295. The minimum Gasteiger partial charge on any atom is -0.444 e. The van der Waals surface area contributed by atoms with Gasteiger partial charge in [0.1, 0.15) is 11.1 Å². The van der Waals surface area contributed by atoms with Gasteiger partial charge < -0.3 is 10.1 Å². The molecule has 27 heavy (non-hydrogen) atoms. The fourth-order valence-corrected chi connectivity index (χ4v) is 4.01. The van der Waals surface area contributed by atoms with Gasteiger partial charge in [0.15, 0.2) is 0 Å². The first-order chi connectivity index (χ1) is 12.7. The molecule has 0 bridgehead atoms. The summed E-state index contributed by atoms with van der Waals surface area (Å²) >= 11 is 3.54. The van der Waals surface area contributed by atoms with Crippen LogP contribution in [0.3, 0.4) is 0 Å². The summed E-state index contributed by atoms with van der Waals surface area (Å²) < 4.78 is 6.21. The highest BCUT2D eigenvalue weighted by Crippen LogP contribution is 2.40. The van der Waals surface area contributed by atoms with E-state index in [9.17, 15) is 9.59 Å². The van der Waals surface area contributed by atoms with E-state index in [1.165, 1.54) is 0 Å². The summed E-state index contributed by atoms with van der Waals surface area (Å²) in [6, 6.07) is 0. The second-order valence-electron chi connectivity index (χ2n) is 7.87. The number of carbonyl (C=O) groups is 2. The topological polar surface area (TPSA) is 91.8 Å². The summed E-state index contributed by atoms with van der Waals surface area (Å²) in [7, 11) is 0. The zero-order chi connectivity index (χ0) is 19.7. The van der Waals surface area contributed by atoms with Gasteiger partial charge in [0.2, 0.25) is 11.9 Å². The maximum Gasteiger partial charge on any atom is 0.414 e. The van der Waals surface area contributed by atoms with Gasteiger partial charge in [-0.15, -0.1) is 0 Å². The number of rotatable bonds is 1. The molecule has 0 aromatic carbocycles. The van der Waals surface area contributed by atoms with E-state index in [4.69, 9.17) is 9.73 Å². The van der Waals surface area contributed by atoms with Crippen molar-refractivity contribution in [1.82, 2.24) is 16.0 Å². The SMILES string of the molecule is CC(C)(C)OC(=O)NC1=NC2(C3=CC(Br)=CC=CC3)CNCCC2C(=O)N1. The van der Waals surface area contributed by atoms with Crippen LogP contribution in [0.25, 0.3) is 0 Å². The number of fused-ring (bicyclic) bond motifs is 1. The Hall–Kier alpha value is -1.93. The van der Waals surface area contributed by atoms with Crippen LogP contribution in [0.4, 0.5) is 4.79 Å². The number of hydrogen-bond acceptors (Lipinski definition) is 5. The Morgan fingerprint density at radius 3 is 2.96 bits per heavy atom. The molecule has 0 aromatic heterocycles. The lowest BCUT2D eigenvalue weighted by atomic mass is 9.71. The number of guanidine groups is 1. The highest BCUT2D eigenvalue weighted by Gasteiger charge is 2.50. The number of allylic oxidation sites excluding steroid dienone is 5. The van der Waals surface area contributed by atoms with Gasteiger partial charge >= 0.3 is 6.09 Å². The summed E-state index contributed by atoms with van der Waals surface area (Å²) in [5, 5.41) is 8.67. The molecule has 2 unspecified atom stereocenters. The van der Waals surface area contributed by atoms with Crippen molar-refractivity contribution in [2.75, 3.05) is 13.1 Å². The maximum absolute atomic E-state index is 12.8. The molecule has 2 aliphatic heterocycles. The lowest BCUT2D eigenvalue weighted by molar-refractivity contribution is -0.126. The number of nitrogens with zero attached hydrogens (tertiary/aromatic N) is 1. The molecular formula is C19H25BrN4O3. The smallest absolute Gasteiger partial charge is 0.414 e. The van der Waals surface area contributed by atoms with E-state index in [0.717, 1.165) is 16.6 Å². The molecule has 2 heterocycles. The van der Waals surface area contributed by atoms with Crippen molar-refractivity contribution in [2.45, 2.75) is 44.8 Å². The highest BCUT2D eigenvalue weighted by molar-refractivity contribution is 9.11. The average Bonchev–Trinajstić information content (AvgIpc) is 2.78. The number of amides is 2. The minimum absolute atomic E-state index is 0.128. The van der Waals surface area contributed by atoms with Gasteiger partial charge in [-0.2, -0.15) is 0 Å². The van der Waals surface area contributed by atoms with Gasteiger partial charge in [0.25, 0.3) is 0 Å². The number of carbonyl (C=O) groups excluding carboxylic acids is 2. The zero-order valence-electron chi connectivity index (χ0n) is 15.8. The highest BCUT2D eigenvalue weighted by atomic mass is 79.9. The van der Waals surface area contributed by atoms with Crippen LogP contribution >= 0.6 is 15.9 Å². The molecule has 3 aliphatic rings. The lowest BCUT2D eigenvalue weighted by Gasteiger charge is -2.45. The van der Waals surface area contributed by atoms with Crippen LogP contribution in [0.15, 0.2) is 39.4 Å². The largest absolute Gasteiger partial charge is 0.444 e. The first-order valence-electron chi connectivity index (χ1n) is 9.04. The quantitative estimate of drug-likeness (QED) is 0.588. The van der Waals surface area contributed by atoms with Crippen molar-refractivity contribution in [2.24, 2.45) is 10.9 Å². The van der Waals surface area contributed by atoms with Crippen LogP contribution < -0.4 is 16.0 Å². The fraction of sp³-hybridized carbons (Fsp3) is 0.526. The van der Waals surface area contributed by atoms with Gasteiger partial charge in [0.05, 0.1) is 5.92 Å². The predicted octanol–water partition coefficient (Wildman–Crippen LogP) is 2.51. The zero-order valence-corrected chi connectivity index (χ0v) is 17.4. The van der Waals surface area contributed by atoms with Gasteiger partial charge in [-0.1, -0.05) is 28.1 Å². The summed E-state index contributed by atoms with van der Waals surface area (Å²) in [5.41, 5.74) is -0.359. The minimum atomic E-state index is -0.744. The average molecular weight is 437 g/mol. The van der Waals surface area contributed by atoms with Gasteiger partial charge in [0, 0.05) is 11.0 Å². The lowest BCUT2D eigenvalue weighted by Crippen LogP contribution is -2.64. The molecule has 8 heteroatoms. The Morgan fingerprint density at radius 1 is 1.44 bits per heavy atom. The molecule has 0 radical (unpaired) electrons. The van der Waals surface area contributed by atoms with E-state index >= 15 is 0 Å². The van der Waals surface area contributed by atoms with Gasteiger partial charge in [-0.3, -0.25) is 15.4 Å². The van der Waals surface area contributed by atoms with Crippen LogP contribution in [-0.4, -0.2) is 42.2 Å². The summed E-state index contributed by atoms with van der Waals surface area (Å²) in [6.45, 7) is 6.63. The molecule has 2 amide bonds. The molecule has 146 valence electrons. The molecular weight excluding hydrogens is 412 g/mol. The summed E-state index contributed by atoms with van der Waals surface area (Å²) in [4.78, 5) is 29.8. The van der Waals surface area contributed by atoms with E-state index in [1.807, 2.05) is 24.3 Å². The van der Waals surface area contributed by atoms with Gasteiger partial charge in [-0.05, 0) is 57.9 Å². The molecule has 0 spiro atoms. The van der Waals surface area contributed by atoms with Crippen LogP contribution in [0.5, 0.6) is 0 Å². The normalized spacial score (nSPS) is 28.1. The van der Waals surface area contributed by atoms with Crippen molar-refractivity contribution in [3.8, 4) is 0 Å². The predicted molar refractivity (Wildman–Crippen MR) is 108 cm³/mol. The standard InChI is InChI=1S/C19H25BrN4O3/c1-18(2,3)27-17(26)23-16-22-15(25)14-8-9-21-11-19(14,24-16)12-6-4-5-7-13(20)10-12/h4-5,7,10,14,21H,6,8-9,11H2,1-3H3,(H2,22,23,24,25,26). The Morgan fingerprint density at radius 2 is 2.22 bits per heavy atom. The summed E-state index contributed by atoms with van der Waals surface area (Å²) in [6.07, 6.45) is 8.72. The molecule has 1 aliphatic carbocycles. The van der Waals surface area contributed by atoms with E-state index < -0.39 is 17.2 Å². The molecule has 2 atom stereocenters. The Balaban J connectivity index is 1.96. The molecule has 0 saturated carbocycles. The molecule has 0 aromatic rings. The Kier molecular flexibility index (Phi) is 5.58. The monoisotopic (exact) mass is 436 g/mol. The van der Waals surface area contributed by atoms with E-state index in [1.54, 1.807) is 20.8 Å². The Bertz CT molecular complexity index is 763. The van der Waals surface area contributed by atoms with E-state index in [-0.39, 0.29) is 17.8 Å². The number of piperidine rings is 1. The third-order valence-electron chi connectivity index (χ3n) is 4.67. The van der Waals surface area contributed by atoms with Crippen LogP contribution in [0, 0.1) is 5.92 Å². The fourth-order valence-electron chi connectivity index (χ4n) is 3.58. The van der Waals surface area contributed by atoms with Crippen LogP contribution in [-0.2, 0) is 9.53 Å². The molecule has 7 nitrogen and oxygen atoms in total. The number of hydrogen-bond donors (Lipinski definition) is 3. The van der Waals surface area contributed by atoms with E-state index in [0.29, 0.717) is 19.4 Å². The van der Waals surface area contributed by atoms with E-state index in [2.05, 4.69) is 31.9 Å². The number of nitrogens with one attached hydrogen (secondary N) is 3. The number of aliphatic imine (C=N–C) groups is 1. The molecule has 1 fully saturated rings. The molecule has 3 rings (SSSR count). The maximum atomic E-state index is 12.8. The van der Waals surface area contributed by atoms with Gasteiger partial charge in [-0.25, -0.2) is 9.79 Å². The van der Waals surface area contributed by atoms with Crippen molar-refractivity contribution in [1.29, 1.82) is 0 Å². The van der Waals surface area contributed by atoms with Crippen LogP contribution in [0.2, 0.25) is 0 Å². The molecule has 1 saturated heterocycles. The number of alkyl carbamates (subject to hydrolysis) is 1. The third-order valence-corrected chi connectivity index (χ3v) is 5.16. The number of halogens is 1. The first kappa shape index (κ1) is 19.8. The van der Waals surface area contributed by atoms with Crippen LogP contribution in [0.1, 0.15) is 33.6 Å². The second kappa shape index (κ2) is 7.59. The second-order valence-corrected chi connectivity index (χ2v) is 8.79. The Labute approximate surface area is 167 Å². The van der Waals surface area contributed by atoms with Crippen molar-refractivity contribution in [3.05, 3.63) is 34.4 Å². The first-order valence-corrected chi connectivity index (χ1v) is 9.84. The van der Waals surface area contributed by atoms with Crippen molar-refractivity contribution in [3.63, 3.8) is 0 Å². The third kappa shape index (κ3) is 4.50. The van der Waals surface area contributed by atoms with Crippen molar-refractivity contribution >= 4 is 33.9 Å². The van der Waals surface area contributed by atoms with Crippen molar-refractivity contribution < 1.29 is 14.3 Å². The number of ether oxygens (including phenoxy) is 1.